The minimum Gasteiger partial charge on any atom is -0.507 e. The second-order valence-corrected chi connectivity index (χ2v) is 11.2. The van der Waals surface area contributed by atoms with E-state index in [1.54, 1.807) is 11.8 Å². The molecule has 1 aromatic rings. The highest BCUT2D eigenvalue weighted by molar-refractivity contribution is 8.00. The Balaban J connectivity index is 2.34. The summed E-state index contributed by atoms with van der Waals surface area (Å²) in [5, 5.41) is 20.0. The first-order valence-electron chi connectivity index (χ1n) is 10.4. The quantitative estimate of drug-likeness (QED) is 0.698. The number of carbonyl (C=O) groups excluding carboxylic acids is 1. The summed E-state index contributed by atoms with van der Waals surface area (Å²) in [6.07, 6.45) is 0.871. The molecule has 1 unspecified atom stereocenters. The molecule has 1 fully saturated rings. The number of nitrogens with zero attached hydrogens (tertiary/aromatic N) is 2. The van der Waals surface area contributed by atoms with Crippen molar-refractivity contribution in [2.75, 3.05) is 39.0 Å². The Kier molecular flexibility index (Phi) is 7.68. The molecule has 29 heavy (non-hydrogen) atoms. The molecule has 0 saturated carbocycles. The summed E-state index contributed by atoms with van der Waals surface area (Å²) in [7, 11) is 1.99. The molecule has 1 aromatic carbocycles. The van der Waals surface area contributed by atoms with E-state index in [0.29, 0.717) is 24.6 Å². The van der Waals surface area contributed by atoms with Crippen LogP contribution in [-0.2, 0) is 15.6 Å². The van der Waals surface area contributed by atoms with Crippen LogP contribution in [0.5, 0.6) is 5.75 Å². The fraction of sp³-hybridized carbons (Fsp3) is 0.696. The summed E-state index contributed by atoms with van der Waals surface area (Å²) in [6.45, 7) is 15.0. The van der Waals surface area contributed by atoms with Gasteiger partial charge in [-0.05, 0) is 59.7 Å². The molecule has 1 aliphatic heterocycles. The van der Waals surface area contributed by atoms with Crippen LogP contribution in [0.15, 0.2) is 12.1 Å². The Morgan fingerprint density at radius 3 is 2.14 bits per heavy atom. The molecular weight excluding hydrogens is 384 g/mol. The molecule has 0 aliphatic carbocycles. The Morgan fingerprint density at radius 2 is 1.66 bits per heavy atom. The molecule has 1 saturated heterocycles. The van der Waals surface area contributed by atoms with Crippen molar-refractivity contribution in [2.24, 2.45) is 0 Å². The maximum Gasteiger partial charge on any atom is 0.233 e. The van der Waals surface area contributed by atoms with Gasteiger partial charge in [0.25, 0.3) is 0 Å². The second kappa shape index (κ2) is 9.27. The number of aromatic hydroxyl groups is 1. The van der Waals surface area contributed by atoms with Crippen molar-refractivity contribution in [3.05, 3.63) is 28.8 Å². The molecule has 0 aromatic heterocycles. The third-order valence-electron chi connectivity index (χ3n) is 5.42. The number of carbonyl (C=O) groups is 1. The molecule has 1 amide bonds. The van der Waals surface area contributed by atoms with E-state index in [-0.39, 0.29) is 28.7 Å². The third kappa shape index (κ3) is 5.89. The lowest BCUT2D eigenvalue weighted by atomic mass is 9.78. The first kappa shape index (κ1) is 24.0. The van der Waals surface area contributed by atoms with Gasteiger partial charge < -0.3 is 20.0 Å². The van der Waals surface area contributed by atoms with E-state index < -0.39 is 0 Å². The number of thioether (sulfide) groups is 1. The standard InChI is InChI=1S/C23H38N2O3S/c1-22(2,3)17-13-16(14-18(20(17)28)23(4,5)6)21-25(19(27)15-29-21)10-8-9-24(7)11-12-26/h13-14,21,26,28H,8-12,15H2,1-7H3. The highest BCUT2D eigenvalue weighted by Crippen LogP contribution is 2.45. The Morgan fingerprint density at radius 1 is 1.10 bits per heavy atom. The summed E-state index contributed by atoms with van der Waals surface area (Å²) in [5.41, 5.74) is 2.58. The number of aliphatic hydroxyl groups is 1. The molecule has 1 heterocycles. The molecule has 1 aliphatic rings. The Bertz CT molecular complexity index is 687. The molecule has 1 atom stereocenters. The van der Waals surface area contributed by atoms with Crippen molar-refractivity contribution in [3.8, 4) is 5.75 Å². The zero-order chi connectivity index (χ0) is 22.0. The molecule has 0 radical (unpaired) electrons. The van der Waals surface area contributed by atoms with Gasteiger partial charge in [0.2, 0.25) is 5.91 Å². The van der Waals surface area contributed by atoms with Crippen LogP contribution < -0.4 is 0 Å². The lowest BCUT2D eigenvalue weighted by Gasteiger charge is -2.31. The minimum atomic E-state index is -0.189. The largest absolute Gasteiger partial charge is 0.507 e. The topological polar surface area (TPSA) is 64.0 Å². The number of hydrogen-bond acceptors (Lipinski definition) is 5. The number of phenolic OH excluding ortho intramolecular Hbond substituents is 1. The van der Waals surface area contributed by atoms with Gasteiger partial charge in [-0.15, -0.1) is 11.8 Å². The minimum absolute atomic E-state index is 0.0200. The number of likely N-dealkylation sites (N-methyl/N-ethyl adjacent to an activating group) is 1. The highest BCUT2D eigenvalue weighted by atomic mass is 32.2. The first-order valence-corrected chi connectivity index (χ1v) is 11.5. The van der Waals surface area contributed by atoms with Crippen molar-refractivity contribution in [1.29, 1.82) is 0 Å². The summed E-state index contributed by atoms with van der Waals surface area (Å²) < 4.78 is 0. The van der Waals surface area contributed by atoms with Crippen molar-refractivity contribution in [2.45, 2.75) is 64.2 Å². The normalized spacial score (nSPS) is 18.2. The number of hydrogen-bond donors (Lipinski definition) is 2. The summed E-state index contributed by atoms with van der Waals surface area (Å²) in [5.74, 6) is 1.04. The molecular formula is C23H38N2O3S. The number of amides is 1. The maximum absolute atomic E-state index is 12.6. The van der Waals surface area contributed by atoms with Gasteiger partial charge >= 0.3 is 0 Å². The maximum atomic E-state index is 12.6. The number of benzene rings is 1. The number of rotatable bonds is 7. The van der Waals surface area contributed by atoms with E-state index in [4.69, 9.17) is 5.11 Å². The van der Waals surface area contributed by atoms with Crippen LogP contribution in [0.3, 0.4) is 0 Å². The molecule has 0 spiro atoms. The molecule has 2 N–H and O–H groups in total. The van der Waals surface area contributed by atoms with Gasteiger partial charge in [0.15, 0.2) is 0 Å². The SMILES string of the molecule is CN(CCO)CCCN1C(=O)CSC1c1cc(C(C)(C)C)c(O)c(C(C)(C)C)c1. The van der Waals surface area contributed by atoms with E-state index in [2.05, 4.69) is 58.6 Å². The molecule has 5 nitrogen and oxygen atoms in total. The van der Waals surface area contributed by atoms with Crippen molar-refractivity contribution >= 4 is 17.7 Å². The molecule has 2 rings (SSSR count). The zero-order valence-electron chi connectivity index (χ0n) is 19.1. The predicted molar refractivity (Wildman–Crippen MR) is 122 cm³/mol. The van der Waals surface area contributed by atoms with Gasteiger partial charge in [-0.3, -0.25) is 4.79 Å². The van der Waals surface area contributed by atoms with Gasteiger partial charge in [-0.25, -0.2) is 0 Å². The fourth-order valence-corrected chi connectivity index (χ4v) is 4.91. The van der Waals surface area contributed by atoms with Crippen LogP contribution in [-0.4, -0.2) is 65.0 Å². The van der Waals surface area contributed by atoms with Gasteiger partial charge in [-0.2, -0.15) is 0 Å². The second-order valence-electron chi connectivity index (χ2n) is 10.1. The average molecular weight is 423 g/mol. The molecule has 164 valence electrons. The van der Waals surface area contributed by atoms with Crippen LogP contribution in [0, 0.1) is 0 Å². The Hall–Kier alpha value is -1.24. The summed E-state index contributed by atoms with van der Waals surface area (Å²) in [4.78, 5) is 16.6. The van der Waals surface area contributed by atoms with E-state index in [0.717, 1.165) is 29.7 Å². The van der Waals surface area contributed by atoms with E-state index in [9.17, 15) is 9.90 Å². The van der Waals surface area contributed by atoms with Crippen molar-refractivity contribution in [1.82, 2.24) is 9.80 Å². The van der Waals surface area contributed by atoms with Gasteiger partial charge in [-0.1, -0.05) is 41.5 Å². The van der Waals surface area contributed by atoms with Gasteiger partial charge in [0.05, 0.1) is 12.4 Å². The van der Waals surface area contributed by atoms with Gasteiger partial charge in [0.1, 0.15) is 11.1 Å². The van der Waals surface area contributed by atoms with E-state index in [1.165, 1.54) is 0 Å². The van der Waals surface area contributed by atoms with Crippen LogP contribution in [0.4, 0.5) is 0 Å². The van der Waals surface area contributed by atoms with Crippen LogP contribution in [0.2, 0.25) is 0 Å². The van der Waals surface area contributed by atoms with Crippen LogP contribution in [0.1, 0.15) is 70.0 Å². The van der Waals surface area contributed by atoms with E-state index in [1.807, 2.05) is 11.9 Å². The molecule has 6 heteroatoms. The van der Waals surface area contributed by atoms with Crippen LogP contribution >= 0.6 is 11.8 Å². The van der Waals surface area contributed by atoms with Crippen molar-refractivity contribution in [3.63, 3.8) is 0 Å². The zero-order valence-corrected chi connectivity index (χ0v) is 19.9. The van der Waals surface area contributed by atoms with E-state index >= 15 is 0 Å². The monoisotopic (exact) mass is 422 g/mol. The number of aliphatic hydroxyl groups excluding tert-OH is 1. The third-order valence-corrected chi connectivity index (χ3v) is 6.68. The number of phenols is 1. The highest BCUT2D eigenvalue weighted by Gasteiger charge is 2.35. The van der Waals surface area contributed by atoms with Crippen molar-refractivity contribution < 1.29 is 15.0 Å². The van der Waals surface area contributed by atoms with Crippen LogP contribution in [0.25, 0.3) is 0 Å². The molecule has 0 bridgehead atoms. The summed E-state index contributed by atoms with van der Waals surface area (Å²) >= 11 is 1.67. The lowest BCUT2D eigenvalue weighted by molar-refractivity contribution is -0.128. The predicted octanol–water partition coefficient (Wildman–Crippen LogP) is 3.88. The lowest BCUT2D eigenvalue weighted by Crippen LogP contribution is -2.32. The average Bonchev–Trinajstić information content (AvgIpc) is 2.94. The summed E-state index contributed by atoms with van der Waals surface area (Å²) in [6, 6.07) is 4.18. The van der Waals surface area contributed by atoms with Gasteiger partial charge in [0, 0.05) is 13.1 Å². The fourth-order valence-electron chi connectivity index (χ4n) is 3.71. The Labute approximate surface area is 180 Å². The smallest absolute Gasteiger partial charge is 0.233 e. The first-order chi connectivity index (χ1) is 13.4.